The number of aliphatic carboxylic acids is 1. The molecule has 1 heterocycles. The fraction of sp³-hybridized carbons (Fsp3) is 0.231. The van der Waals surface area contributed by atoms with E-state index >= 15 is 0 Å². The summed E-state index contributed by atoms with van der Waals surface area (Å²) in [6.07, 6.45) is 1.49. The van der Waals surface area contributed by atoms with Gasteiger partial charge in [-0.3, -0.25) is 9.59 Å². The maximum absolute atomic E-state index is 12.0. The summed E-state index contributed by atoms with van der Waals surface area (Å²) < 4.78 is 2.03. The van der Waals surface area contributed by atoms with Gasteiger partial charge in [0.15, 0.2) is 0 Å². The van der Waals surface area contributed by atoms with Gasteiger partial charge in [-0.2, -0.15) is 0 Å². The lowest BCUT2D eigenvalue weighted by Gasteiger charge is -2.05. The van der Waals surface area contributed by atoms with Crippen LogP contribution in [0.1, 0.15) is 21.6 Å². The van der Waals surface area contributed by atoms with E-state index in [-0.39, 0.29) is 19.0 Å². The molecule has 0 bridgehead atoms. The van der Waals surface area contributed by atoms with E-state index in [1.807, 2.05) is 13.0 Å². The van der Waals surface area contributed by atoms with Gasteiger partial charge in [0.2, 0.25) is 0 Å². The Hall–Kier alpha value is -2.22. The van der Waals surface area contributed by atoms with Gasteiger partial charge in [-0.1, -0.05) is 21.1 Å². The van der Waals surface area contributed by atoms with Crippen molar-refractivity contribution in [1.29, 1.82) is 0 Å². The van der Waals surface area contributed by atoms with Crippen LogP contribution in [-0.2, 0) is 17.9 Å². The van der Waals surface area contributed by atoms with Gasteiger partial charge in [-0.05, 0) is 30.7 Å². The highest BCUT2D eigenvalue weighted by Crippen LogP contribution is 2.15. The smallest absolute Gasteiger partial charge is 0.325 e. The lowest BCUT2D eigenvalue weighted by molar-refractivity contribution is -0.137. The van der Waals surface area contributed by atoms with Gasteiger partial charge >= 0.3 is 5.97 Å². The molecule has 1 amide bonds. The number of carboxylic acid groups (broad SMARTS) is 1. The quantitative estimate of drug-likeness (QED) is 0.846. The number of hydrogen-bond donors (Lipinski definition) is 2. The molecule has 1 aromatic heterocycles. The second kappa shape index (κ2) is 6.49. The van der Waals surface area contributed by atoms with E-state index in [2.05, 4.69) is 31.6 Å². The average Bonchev–Trinajstić information content (AvgIpc) is 2.81. The van der Waals surface area contributed by atoms with Crippen LogP contribution in [0.3, 0.4) is 0 Å². The third kappa shape index (κ3) is 4.38. The Morgan fingerprint density at radius 1 is 1.38 bits per heavy atom. The van der Waals surface area contributed by atoms with Crippen LogP contribution in [0.15, 0.2) is 28.9 Å². The number of nitrogens with one attached hydrogen (secondary N) is 1. The summed E-state index contributed by atoms with van der Waals surface area (Å²) in [6, 6.07) is 5.42. The summed E-state index contributed by atoms with van der Waals surface area (Å²) >= 11 is 3.34. The van der Waals surface area contributed by atoms with E-state index in [1.165, 1.54) is 10.9 Å². The van der Waals surface area contributed by atoms with Crippen LogP contribution in [-0.4, -0.2) is 32.0 Å². The molecule has 0 aliphatic carbocycles. The van der Waals surface area contributed by atoms with Crippen LogP contribution < -0.4 is 5.32 Å². The monoisotopic (exact) mass is 352 g/mol. The number of carboxylic acids is 1. The van der Waals surface area contributed by atoms with E-state index in [1.54, 1.807) is 12.1 Å². The van der Waals surface area contributed by atoms with Gasteiger partial charge in [-0.25, -0.2) is 4.68 Å². The topological polar surface area (TPSA) is 97.1 Å². The largest absolute Gasteiger partial charge is 0.480 e. The van der Waals surface area contributed by atoms with Crippen LogP contribution in [0.25, 0.3) is 0 Å². The lowest BCUT2D eigenvalue weighted by atomic mass is 10.1. The van der Waals surface area contributed by atoms with Crippen molar-refractivity contribution in [3.05, 3.63) is 45.7 Å². The molecular formula is C13H13BrN4O3. The number of aryl methyl sites for hydroxylation is 1. The molecule has 0 fully saturated rings. The number of rotatable bonds is 5. The van der Waals surface area contributed by atoms with E-state index in [4.69, 9.17) is 5.11 Å². The predicted molar refractivity (Wildman–Crippen MR) is 77.7 cm³/mol. The second-order valence-corrected chi connectivity index (χ2v) is 5.42. The third-order valence-electron chi connectivity index (χ3n) is 2.62. The second-order valence-electron chi connectivity index (χ2n) is 4.50. The summed E-state index contributed by atoms with van der Waals surface area (Å²) in [5.41, 5.74) is 2.01. The summed E-state index contributed by atoms with van der Waals surface area (Å²) in [5.74, 6) is -1.23. The highest BCUT2D eigenvalue weighted by molar-refractivity contribution is 9.10. The van der Waals surface area contributed by atoms with Gasteiger partial charge in [-0.15, -0.1) is 5.10 Å². The molecule has 0 unspecified atom stereocenters. The number of halogens is 1. The number of amides is 1. The van der Waals surface area contributed by atoms with Crippen LogP contribution in [0.5, 0.6) is 0 Å². The Kier molecular flexibility index (Phi) is 4.69. The minimum Gasteiger partial charge on any atom is -0.480 e. The van der Waals surface area contributed by atoms with Crippen molar-refractivity contribution in [3.8, 4) is 0 Å². The van der Waals surface area contributed by atoms with Gasteiger partial charge < -0.3 is 10.4 Å². The van der Waals surface area contributed by atoms with E-state index in [0.717, 1.165) is 10.0 Å². The Balaban J connectivity index is 1.97. The first-order valence-corrected chi connectivity index (χ1v) is 6.89. The summed E-state index contributed by atoms with van der Waals surface area (Å²) in [6.45, 7) is 1.83. The first kappa shape index (κ1) is 15.2. The van der Waals surface area contributed by atoms with Crippen molar-refractivity contribution in [2.45, 2.75) is 20.0 Å². The molecule has 0 aliphatic rings. The van der Waals surface area contributed by atoms with E-state index in [9.17, 15) is 9.59 Å². The zero-order valence-corrected chi connectivity index (χ0v) is 12.8. The van der Waals surface area contributed by atoms with Crippen LogP contribution in [0.2, 0.25) is 0 Å². The normalized spacial score (nSPS) is 10.4. The zero-order valence-electron chi connectivity index (χ0n) is 11.2. The van der Waals surface area contributed by atoms with Crippen molar-refractivity contribution >= 4 is 27.8 Å². The standard InChI is InChI=1S/C13H13BrN4O3/c1-8-2-9(4-10(14)3-8)13(21)15-5-11-6-18(17-16-11)7-12(19)20/h2-4,6H,5,7H2,1H3,(H,15,21)(H,19,20). The molecule has 2 aromatic rings. The number of benzene rings is 1. The van der Waals surface area contributed by atoms with Crippen molar-refractivity contribution in [2.24, 2.45) is 0 Å². The molecule has 0 spiro atoms. The maximum Gasteiger partial charge on any atom is 0.325 e. The molecule has 7 nitrogen and oxygen atoms in total. The molecule has 2 N–H and O–H groups in total. The number of carbonyl (C=O) groups is 2. The van der Waals surface area contributed by atoms with Crippen molar-refractivity contribution in [1.82, 2.24) is 20.3 Å². The minimum absolute atomic E-state index is 0.185. The molecule has 0 saturated carbocycles. The molecule has 0 radical (unpaired) electrons. The van der Waals surface area contributed by atoms with Gasteiger partial charge in [0.1, 0.15) is 12.2 Å². The molecule has 0 aliphatic heterocycles. The molecule has 0 atom stereocenters. The van der Waals surface area contributed by atoms with Gasteiger partial charge in [0, 0.05) is 10.0 Å². The Morgan fingerprint density at radius 2 is 2.14 bits per heavy atom. The number of nitrogens with zero attached hydrogens (tertiary/aromatic N) is 3. The van der Waals surface area contributed by atoms with E-state index < -0.39 is 5.97 Å². The van der Waals surface area contributed by atoms with Crippen molar-refractivity contribution in [3.63, 3.8) is 0 Å². The highest BCUT2D eigenvalue weighted by atomic mass is 79.9. The molecular weight excluding hydrogens is 340 g/mol. The fourth-order valence-corrected chi connectivity index (χ4v) is 2.38. The summed E-state index contributed by atoms with van der Waals surface area (Å²) in [5, 5.41) is 18.8. The van der Waals surface area contributed by atoms with Crippen LogP contribution in [0, 0.1) is 6.92 Å². The third-order valence-corrected chi connectivity index (χ3v) is 3.08. The molecule has 1 aromatic carbocycles. The first-order chi connectivity index (χ1) is 9.94. The predicted octanol–water partition coefficient (Wildman–Crippen LogP) is 1.36. The SMILES string of the molecule is Cc1cc(Br)cc(C(=O)NCc2cn(CC(=O)O)nn2)c1. The Labute approximate surface area is 129 Å². The Morgan fingerprint density at radius 3 is 2.81 bits per heavy atom. The molecule has 110 valence electrons. The van der Waals surface area contributed by atoms with Crippen LogP contribution >= 0.6 is 15.9 Å². The lowest BCUT2D eigenvalue weighted by Crippen LogP contribution is -2.23. The van der Waals surface area contributed by atoms with Gasteiger partial charge in [0.25, 0.3) is 5.91 Å². The number of carbonyl (C=O) groups excluding carboxylic acids is 1. The van der Waals surface area contributed by atoms with Crippen molar-refractivity contribution < 1.29 is 14.7 Å². The molecule has 0 saturated heterocycles. The summed E-state index contributed by atoms with van der Waals surface area (Å²) in [4.78, 5) is 22.6. The van der Waals surface area contributed by atoms with Crippen LogP contribution in [0.4, 0.5) is 0 Å². The highest BCUT2D eigenvalue weighted by Gasteiger charge is 2.09. The summed E-state index contributed by atoms with van der Waals surface area (Å²) in [7, 11) is 0. The Bertz CT molecular complexity index is 664. The molecule has 21 heavy (non-hydrogen) atoms. The number of aromatic nitrogens is 3. The fourth-order valence-electron chi connectivity index (χ4n) is 1.78. The average molecular weight is 353 g/mol. The number of hydrogen-bond acceptors (Lipinski definition) is 4. The maximum atomic E-state index is 12.0. The zero-order chi connectivity index (χ0) is 15.4. The minimum atomic E-state index is -1.000. The molecule has 8 heteroatoms. The van der Waals surface area contributed by atoms with Crippen molar-refractivity contribution in [2.75, 3.05) is 0 Å². The van der Waals surface area contributed by atoms with Gasteiger partial charge in [0.05, 0.1) is 12.7 Å². The van der Waals surface area contributed by atoms with E-state index in [0.29, 0.717) is 11.3 Å². The first-order valence-electron chi connectivity index (χ1n) is 6.10. The molecule has 2 rings (SSSR count).